The van der Waals surface area contributed by atoms with Gasteiger partial charge < -0.3 is 29.7 Å². The maximum absolute atomic E-state index is 14.5. The molecule has 0 radical (unpaired) electrons. The number of nitrogens with zero attached hydrogens (tertiary/aromatic N) is 4. The van der Waals surface area contributed by atoms with Crippen LogP contribution in [-0.2, 0) is 20.9 Å². The van der Waals surface area contributed by atoms with Crippen LogP contribution in [-0.4, -0.2) is 85.2 Å². The maximum Gasteiger partial charge on any atom is 0.260 e. The first-order chi connectivity index (χ1) is 24.0. The average molecular weight is 722 g/mol. The highest BCUT2D eigenvalue weighted by atomic mass is 35.5. The average Bonchev–Trinajstić information content (AvgIpc) is 3.53. The molecular formula is C36H38Cl2N6O6. The van der Waals surface area contributed by atoms with Crippen molar-refractivity contribution in [2.75, 3.05) is 58.7 Å². The van der Waals surface area contributed by atoms with Crippen molar-refractivity contribution in [1.29, 1.82) is 0 Å². The molecule has 5 rings (SSSR count). The number of allylic oxidation sites excluding steroid dienone is 1. The van der Waals surface area contributed by atoms with Gasteiger partial charge >= 0.3 is 0 Å². The minimum atomic E-state index is -0.427. The number of fused-ring (bicyclic) bond motifs is 1. The van der Waals surface area contributed by atoms with Crippen LogP contribution >= 0.6 is 23.2 Å². The summed E-state index contributed by atoms with van der Waals surface area (Å²) in [4.78, 5) is 50.2. The molecule has 262 valence electrons. The summed E-state index contributed by atoms with van der Waals surface area (Å²) in [5, 5.41) is 6.95. The summed E-state index contributed by atoms with van der Waals surface area (Å²) >= 11 is 13.5. The van der Waals surface area contributed by atoms with E-state index >= 15 is 0 Å². The largest absolute Gasteiger partial charge is 0.495 e. The molecule has 4 aromatic rings. The van der Waals surface area contributed by atoms with Crippen molar-refractivity contribution in [2.45, 2.75) is 19.0 Å². The van der Waals surface area contributed by atoms with Gasteiger partial charge in [-0.2, -0.15) is 4.98 Å². The van der Waals surface area contributed by atoms with Crippen LogP contribution in [0.5, 0.6) is 11.5 Å². The zero-order valence-corrected chi connectivity index (χ0v) is 29.7. The molecule has 2 N–H and O–H groups in total. The zero-order chi connectivity index (χ0) is 35.9. The molecule has 0 bridgehead atoms. The Balaban J connectivity index is 1.56. The molecule has 0 aliphatic carbocycles. The van der Waals surface area contributed by atoms with E-state index in [1.807, 2.05) is 31.1 Å². The number of anilines is 2. The topological polar surface area (TPSA) is 137 Å². The molecule has 50 heavy (non-hydrogen) atoms. The smallest absolute Gasteiger partial charge is 0.260 e. The Hall–Kier alpha value is -4.75. The third-order valence-electron chi connectivity index (χ3n) is 8.18. The van der Waals surface area contributed by atoms with E-state index in [1.54, 1.807) is 36.5 Å². The van der Waals surface area contributed by atoms with Crippen LogP contribution in [0.3, 0.4) is 0 Å². The van der Waals surface area contributed by atoms with Gasteiger partial charge in [0.25, 0.3) is 5.56 Å². The molecule has 1 saturated heterocycles. The van der Waals surface area contributed by atoms with Crippen LogP contribution < -0.4 is 25.7 Å². The molecular weight excluding hydrogens is 683 g/mol. The highest BCUT2D eigenvalue weighted by Gasteiger charge is 2.30. The number of pyridine rings is 1. The van der Waals surface area contributed by atoms with Gasteiger partial charge in [0.2, 0.25) is 11.9 Å². The number of ether oxygens (including phenoxy) is 3. The van der Waals surface area contributed by atoms with Crippen LogP contribution in [0.2, 0.25) is 10.0 Å². The van der Waals surface area contributed by atoms with Gasteiger partial charge in [-0.25, -0.2) is 4.98 Å². The van der Waals surface area contributed by atoms with Gasteiger partial charge in [0.05, 0.1) is 55.6 Å². The molecule has 1 amide bonds. The van der Waals surface area contributed by atoms with Crippen LogP contribution in [0.15, 0.2) is 72.2 Å². The number of benzene rings is 2. The number of methoxy groups -OCH3 is 2. The normalized spacial score (nSPS) is 15.8. The van der Waals surface area contributed by atoms with Gasteiger partial charge in [-0.05, 0) is 43.9 Å². The van der Waals surface area contributed by atoms with E-state index in [4.69, 9.17) is 42.4 Å². The van der Waals surface area contributed by atoms with Gasteiger partial charge in [-0.15, -0.1) is 0 Å². The molecule has 14 heteroatoms. The SMILES string of the molecule is C=CC(=O)CC1COCC1Nc1ncc2cc(-c3c(Cl)c(OC)cc(OC)c3Cl)c(=O)n(Cc3ccc(NC(=O)/C=C/CN(C)C)cc3)c2n1. The minimum Gasteiger partial charge on any atom is -0.495 e. The van der Waals surface area contributed by atoms with E-state index in [0.717, 1.165) is 5.56 Å². The second-order valence-electron chi connectivity index (χ2n) is 12.0. The van der Waals surface area contributed by atoms with Crippen molar-refractivity contribution in [3.8, 4) is 22.6 Å². The molecule has 1 aliphatic rings. The number of nitrogens with one attached hydrogen (secondary N) is 2. The number of ketones is 1. The van der Waals surface area contributed by atoms with Gasteiger partial charge in [-0.1, -0.05) is 48.0 Å². The fourth-order valence-corrected chi connectivity index (χ4v) is 6.28. The minimum absolute atomic E-state index is 0.0778. The van der Waals surface area contributed by atoms with Crippen molar-refractivity contribution in [3.05, 3.63) is 93.4 Å². The Kier molecular flexibility index (Phi) is 11.9. The highest BCUT2D eigenvalue weighted by Crippen LogP contribution is 2.45. The number of amides is 1. The summed E-state index contributed by atoms with van der Waals surface area (Å²) in [7, 11) is 6.75. The summed E-state index contributed by atoms with van der Waals surface area (Å²) < 4.78 is 18.1. The fraction of sp³-hybridized carbons (Fsp3) is 0.306. The summed E-state index contributed by atoms with van der Waals surface area (Å²) in [5.41, 5.74) is 1.70. The van der Waals surface area contributed by atoms with E-state index in [0.29, 0.717) is 36.5 Å². The number of hydrogen-bond donors (Lipinski definition) is 2. The van der Waals surface area contributed by atoms with Crippen LogP contribution in [0, 0.1) is 5.92 Å². The van der Waals surface area contributed by atoms with Crippen molar-refractivity contribution in [3.63, 3.8) is 0 Å². The van der Waals surface area contributed by atoms with E-state index in [1.165, 1.54) is 30.9 Å². The number of hydrogen-bond acceptors (Lipinski definition) is 10. The zero-order valence-electron chi connectivity index (χ0n) is 28.2. The Morgan fingerprint density at radius 3 is 2.44 bits per heavy atom. The number of halogens is 2. The Morgan fingerprint density at radius 2 is 1.80 bits per heavy atom. The van der Waals surface area contributed by atoms with Gasteiger partial charge in [-0.3, -0.25) is 19.0 Å². The highest BCUT2D eigenvalue weighted by molar-refractivity contribution is 6.41. The summed E-state index contributed by atoms with van der Waals surface area (Å²) in [6, 6.07) is 10.1. The first kappa shape index (κ1) is 36.5. The van der Waals surface area contributed by atoms with Crippen LogP contribution in [0.25, 0.3) is 22.2 Å². The van der Waals surface area contributed by atoms with Crippen molar-refractivity contribution in [2.24, 2.45) is 5.92 Å². The molecule has 0 saturated carbocycles. The fourth-order valence-electron chi connectivity index (χ4n) is 5.57. The molecule has 1 aliphatic heterocycles. The summed E-state index contributed by atoms with van der Waals surface area (Å²) in [6.07, 6.45) is 6.44. The molecule has 1 fully saturated rings. The van der Waals surface area contributed by atoms with Gasteiger partial charge in [0, 0.05) is 53.9 Å². The van der Waals surface area contributed by atoms with Crippen molar-refractivity contribution in [1.82, 2.24) is 19.4 Å². The molecule has 2 aromatic heterocycles. The first-order valence-corrected chi connectivity index (χ1v) is 16.5. The van der Waals surface area contributed by atoms with Gasteiger partial charge in [0.1, 0.15) is 17.1 Å². The number of likely N-dealkylation sites (N-methyl/N-ethyl adjacent to an activating group) is 1. The van der Waals surface area contributed by atoms with E-state index in [2.05, 4.69) is 22.2 Å². The number of aromatic nitrogens is 3. The molecule has 2 aromatic carbocycles. The van der Waals surface area contributed by atoms with Crippen molar-refractivity contribution >= 4 is 57.6 Å². The lowest BCUT2D eigenvalue weighted by Crippen LogP contribution is -2.30. The summed E-state index contributed by atoms with van der Waals surface area (Å²) in [6.45, 7) is 5.09. The molecule has 2 atom stereocenters. The molecule has 12 nitrogen and oxygen atoms in total. The lowest BCUT2D eigenvalue weighted by atomic mass is 9.97. The third-order valence-corrected chi connectivity index (χ3v) is 8.93. The maximum atomic E-state index is 14.5. The van der Waals surface area contributed by atoms with Crippen LogP contribution in [0.1, 0.15) is 12.0 Å². The standard InChI is InChI=1S/C36H38Cl2N6O6/c1-6-25(45)14-23-19-50-20-27(23)41-36-39-17-22-15-26(31-32(37)28(48-4)16-29(49-5)33(31)38)35(47)44(34(22)42-36)18-21-9-11-24(12-10-21)40-30(46)8-7-13-43(2)3/h6-12,15-17,23,27H,1,13-14,18-20H2,2-5H3,(H,40,46)(H,39,41,42)/b8-7+. The second kappa shape index (κ2) is 16.3. The number of carbonyl (C=O) groups excluding carboxylic acids is 2. The number of rotatable bonds is 14. The predicted octanol–water partition coefficient (Wildman–Crippen LogP) is 5.46. The summed E-state index contributed by atoms with van der Waals surface area (Å²) in [5.74, 6) is 0.400. The monoisotopic (exact) mass is 720 g/mol. The van der Waals surface area contributed by atoms with E-state index in [-0.39, 0.29) is 75.2 Å². The third kappa shape index (κ3) is 8.33. The van der Waals surface area contributed by atoms with Crippen LogP contribution in [0.4, 0.5) is 11.6 Å². The van der Waals surface area contributed by atoms with E-state index < -0.39 is 5.56 Å². The number of carbonyl (C=O) groups is 2. The molecule has 0 spiro atoms. The lowest BCUT2D eigenvalue weighted by molar-refractivity contribution is -0.115. The molecule has 2 unspecified atom stereocenters. The quantitative estimate of drug-likeness (QED) is 0.162. The Morgan fingerprint density at radius 1 is 1.10 bits per heavy atom. The van der Waals surface area contributed by atoms with Gasteiger partial charge in [0.15, 0.2) is 5.78 Å². The molecule has 3 heterocycles. The second-order valence-corrected chi connectivity index (χ2v) is 12.7. The Bertz CT molecular complexity index is 1970. The predicted molar refractivity (Wildman–Crippen MR) is 196 cm³/mol. The first-order valence-electron chi connectivity index (χ1n) is 15.7. The lowest BCUT2D eigenvalue weighted by Gasteiger charge is -2.19. The Labute approximate surface area is 299 Å². The van der Waals surface area contributed by atoms with E-state index in [9.17, 15) is 14.4 Å². The van der Waals surface area contributed by atoms with Crippen molar-refractivity contribution < 1.29 is 23.8 Å².